The van der Waals surface area contributed by atoms with Crippen LogP contribution >= 0.6 is 11.8 Å². The van der Waals surface area contributed by atoms with Gasteiger partial charge in [0.25, 0.3) is 0 Å². The van der Waals surface area contributed by atoms with Gasteiger partial charge in [-0.2, -0.15) is 0 Å². The van der Waals surface area contributed by atoms with Crippen LogP contribution in [0.3, 0.4) is 0 Å². The van der Waals surface area contributed by atoms with Gasteiger partial charge in [-0.3, -0.25) is 0 Å². The minimum absolute atomic E-state index is 1.05. The number of fused-ring (bicyclic) bond motifs is 10. The van der Waals surface area contributed by atoms with Crippen LogP contribution in [-0.4, -0.2) is 4.98 Å². The van der Waals surface area contributed by atoms with E-state index in [-0.39, 0.29) is 0 Å². The van der Waals surface area contributed by atoms with Crippen LogP contribution in [0.15, 0.2) is 119 Å². The van der Waals surface area contributed by atoms with E-state index in [9.17, 15) is 0 Å². The fourth-order valence-corrected chi connectivity index (χ4v) is 7.89. The summed E-state index contributed by atoms with van der Waals surface area (Å²) in [7, 11) is 0. The topological polar surface area (TPSA) is 12.9 Å². The van der Waals surface area contributed by atoms with Crippen molar-refractivity contribution in [1.29, 1.82) is 0 Å². The molecule has 1 aliphatic heterocycles. The summed E-state index contributed by atoms with van der Waals surface area (Å²) in [5, 5.41) is 9.22. The van der Waals surface area contributed by atoms with Gasteiger partial charge in [0.15, 0.2) is 0 Å². The van der Waals surface area contributed by atoms with E-state index >= 15 is 0 Å². The molecule has 9 rings (SSSR count). The highest BCUT2D eigenvalue weighted by Crippen LogP contribution is 2.51. The number of aromatic nitrogens is 1. The summed E-state index contributed by atoms with van der Waals surface area (Å²) in [6.07, 6.45) is 6.89. The highest BCUT2D eigenvalue weighted by molar-refractivity contribution is 7.99. The first kappa shape index (κ1) is 21.5. The minimum Gasteiger partial charge on any atom is -0.247 e. The van der Waals surface area contributed by atoms with Crippen molar-refractivity contribution in [3.63, 3.8) is 0 Å². The average Bonchev–Trinajstić information content (AvgIpc) is 3.01. The summed E-state index contributed by atoms with van der Waals surface area (Å²) in [4.78, 5) is 7.79. The minimum atomic E-state index is 1.05. The van der Waals surface area contributed by atoms with Gasteiger partial charge in [0, 0.05) is 31.5 Å². The van der Waals surface area contributed by atoms with Gasteiger partial charge in [-0.25, -0.2) is 4.98 Å². The Hall–Kier alpha value is -4.40. The number of benzene rings is 6. The Bertz CT molecular complexity index is 2210. The molecule has 0 bridgehead atoms. The largest absolute Gasteiger partial charge is 0.247 e. The van der Waals surface area contributed by atoms with E-state index in [4.69, 9.17) is 4.98 Å². The standard InChI is InChI=1S/C37H23NS/c1-2-11-26-24(9-1)25-10-3-4-12-27(25)31-21-22(17-18-28(26)31)23-19-20-34-36-35(23)29-13-5-7-15-32(29)38-37(36)30-14-6-8-16-33(30)39-34/h1-2,4-9,11-21H,3,10H2. The second-order valence-electron chi connectivity index (χ2n) is 10.6. The zero-order valence-corrected chi connectivity index (χ0v) is 22.1. The molecule has 0 spiro atoms. The van der Waals surface area contributed by atoms with E-state index < -0.39 is 0 Å². The number of aryl methyl sites for hydroxylation is 1. The van der Waals surface area contributed by atoms with Crippen LogP contribution in [-0.2, 0) is 6.42 Å². The van der Waals surface area contributed by atoms with Gasteiger partial charge >= 0.3 is 0 Å². The summed E-state index contributed by atoms with van der Waals surface area (Å²) in [5.74, 6) is 0. The third-order valence-corrected chi connectivity index (χ3v) is 9.64. The fraction of sp³-hybridized carbons (Fsp3) is 0.0541. The van der Waals surface area contributed by atoms with Crippen molar-refractivity contribution in [2.24, 2.45) is 0 Å². The molecule has 182 valence electrons. The monoisotopic (exact) mass is 513 g/mol. The van der Waals surface area contributed by atoms with Gasteiger partial charge in [0.05, 0.1) is 11.2 Å². The SMILES string of the molecule is C1=Cc2c(c3ccccc3c3ccc(-c4ccc5c6c(nc7ccccc7c46)-c4ccccc4S5)cc23)CC1. The molecule has 1 aromatic heterocycles. The zero-order chi connectivity index (χ0) is 25.5. The molecule has 1 aliphatic carbocycles. The number of para-hydroxylation sites is 1. The van der Waals surface area contributed by atoms with Crippen molar-refractivity contribution >= 4 is 61.1 Å². The molecule has 0 fully saturated rings. The molecule has 1 nitrogen and oxygen atoms in total. The van der Waals surface area contributed by atoms with Crippen LogP contribution < -0.4 is 0 Å². The smallest absolute Gasteiger partial charge is 0.0811 e. The summed E-state index contributed by atoms with van der Waals surface area (Å²) >= 11 is 1.86. The lowest BCUT2D eigenvalue weighted by atomic mass is 9.85. The number of hydrogen-bond donors (Lipinski definition) is 0. The van der Waals surface area contributed by atoms with Crippen LogP contribution in [0.5, 0.6) is 0 Å². The van der Waals surface area contributed by atoms with Gasteiger partial charge in [0.1, 0.15) is 0 Å². The normalized spacial score (nSPS) is 13.7. The van der Waals surface area contributed by atoms with Crippen LogP contribution in [0, 0.1) is 0 Å². The van der Waals surface area contributed by atoms with Crippen molar-refractivity contribution < 1.29 is 0 Å². The first-order chi connectivity index (χ1) is 19.3. The number of nitrogens with zero attached hydrogens (tertiary/aromatic N) is 1. The predicted molar refractivity (Wildman–Crippen MR) is 167 cm³/mol. The molecule has 2 aliphatic rings. The highest BCUT2D eigenvalue weighted by atomic mass is 32.2. The van der Waals surface area contributed by atoms with E-state index in [0.717, 1.165) is 24.1 Å². The summed E-state index contributed by atoms with van der Waals surface area (Å²) in [6.45, 7) is 0. The lowest BCUT2D eigenvalue weighted by Crippen LogP contribution is -1.99. The maximum Gasteiger partial charge on any atom is 0.0811 e. The van der Waals surface area contributed by atoms with Crippen molar-refractivity contribution in [2.45, 2.75) is 22.6 Å². The van der Waals surface area contributed by atoms with E-state index in [1.54, 1.807) is 0 Å². The van der Waals surface area contributed by atoms with Crippen molar-refractivity contribution in [3.05, 3.63) is 120 Å². The summed E-state index contributed by atoms with van der Waals surface area (Å²) in [6, 6.07) is 38.0. The lowest BCUT2D eigenvalue weighted by Gasteiger charge is -2.23. The van der Waals surface area contributed by atoms with Gasteiger partial charge in [-0.1, -0.05) is 103 Å². The van der Waals surface area contributed by atoms with Crippen LogP contribution in [0.2, 0.25) is 0 Å². The second kappa shape index (κ2) is 8.05. The number of allylic oxidation sites excluding steroid dienone is 1. The Kier molecular flexibility index (Phi) is 4.44. The fourth-order valence-electron chi connectivity index (χ4n) is 6.79. The zero-order valence-electron chi connectivity index (χ0n) is 21.2. The van der Waals surface area contributed by atoms with Gasteiger partial charge in [-0.05, 0) is 80.9 Å². The maximum atomic E-state index is 5.23. The molecule has 0 atom stereocenters. The average molecular weight is 514 g/mol. The second-order valence-corrected chi connectivity index (χ2v) is 11.7. The summed E-state index contributed by atoms with van der Waals surface area (Å²) < 4.78 is 0. The van der Waals surface area contributed by atoms with E-state index in [0.29, 0.717) is 0 Å². The molecule has 6 aromatic carbocycles. The molecule has 0 amide bonds. The Morgan fingerprint density at radius 1 is 0.590 bits per heavy atom. The van der Waals surface area contributed by atoms with Gasteiger partial charge in [0.2, 0.25) is 0 Å². The molecule has 0 saturated carbocycles. The molecule has 0 saturated heterocycles. The predicted octanol–water partition coefficient (Wildman–Crippen LogP) is 10.5. The van der Waals surface area contributed by atoms with Gasteiger partial charge in [-0.15, -0.1) is 0 Å². The number of rotatable bonds is 1. The molecule has 7 aromatic rings. The van der Waals surface area contributed by atoms with Crippen LogP contribution in [0.25, 0.3) is 71.7 Å². The Labute approximate surface area is 230 Å². The first-order valence-electron chi connectivity index (χ1n) is 13.6. The Morgan fingerprint density at radius 2 is 1.38 bits per heavy atom. The lowest BCUT2D eigenvalue weighted by molar-refractivity contribution is 1.00. The van der Waals surface area contributed by atoms with E-state index in [2.05, 4.69) is 115 Å². The number of hydrogen-bond acceptors (Lipinski definition) is 2. The van der Waals surface area contributed by atoms with Crippen molar-refractivity contribution in [2.75, 3.05) is 0 Å². The third-order valence-electron chi connectivity index (χ3n) is 8.51. The van der Waals surface area contributed by atoms with E-state index in [1.807, 2.05) is 11.8 Å². The first-order valence-corrected chi connectivity index (χ1v) is 14.4. The molecule has 2 heteroatoms. The molecule has 0 N–H and O–H groups in total. The highest BCUT2D eigenvalue weighted by Gasteiger charge is 2.24. The van der Waals surface area contributed by atoms with Crippen LogP contribution in [0.4, 0.5) is 0 Å². The third kappa shape index (κ3) is 3.01. The van der Waals surface area contributed by atoms with Gasteiger partial charge < -0.3 is 0 Å². The molecular weight excluding hydrogens is 490 g/mol. The van der Waals surface area contributed by atoms with Crippen molar-refractivity contribution in [3.8, 4) is 22.4 Å². The molecule has 39 heavy (non-hydrogen) atoms. The van der Waals surface area contributed by atoms with E-state index in [1.165, 1.54) is 75.3 Å². The summed E-state index contributed by atoms with van der Waals surface area (Å²) in [5.41, 5.74) is 8.78. The van der Waals surface area contributed by atoms with Crippen LogP contribution in [0.1, 0.15) is 17.5 Å². The Morgan fingerprint density at radius 3 is 2.33 bits per heavy atom. The molecule has 0 unspecified atom stereocenters. The van der Waals surface area contributed by atoms with Crippen molar-refractivity contribution in [1.82, 2.24) is 4.98 Å². The molecular formula is C37H23NS. The number of pyridine rings is 1. The Balaban J connectivity index is 1.41. The quantitative estimate of drug-likeness (QED) is 0.203. The molecule has 2 heterocycles. The molecule has 0 radical (unpaired) electrons. The maximum absolute atomic E-state index is 5.23.